The number of hydrogen-bond donors (Lipinski definition) is 3. The van der Waals surface area contributed by atoms with E-state index in [9.17, 15) is 19.8 Å². The van der Waals surface area contributed by atoms with E-state index in [0.717, 1.165) is 34.6 Å². The lowest BCUT2D eigenvalue weighted by atomic mass is 9.73. The molecular formula is C29H39NO6. The van der Waals surface area contributed by atoms with Crippen LogP contribution in [0, 0.1) is 5.41 Å². The number of carboxylic acid groups (broad SMARTS) is 2. The van der Waals surface area contributed by atoms with Gasteiger partial charge in [-0.25, -0.2) is 0 Å². The molecule has 2 aromatic carbocycles. The number of hydrogen-bond acceptors (Lipinski definition) is 5. The first-order chi connectivity index (χ1) is 16.8. The number of nitrogens with two attached hydrogens (primary N) is 1. The van der Waals surface area contributed by atoms with E-state index in [1.54, 1.807) is 0 Å². The van der Waals surface area contributed by atoms with E-state index in [1.807, 2.05) is 71.0 Å². The van der Waals surface area contributed by atoms with Crippen molar-refractivity contribution < 1.29 is 29.3 Å². The highest BCUT2D eigenvalue weighted by Gasteiger charge is 2.39. The molecular weight excluding hydrogens is 458 g/mol. The van der Waals surface area contributed by atoms with Crippen LogP contribution in [0.3, 0.4) is 0 Å². The molecule has 0 spiro atoms. The Kier molecular flexibility index (Phi) is 8.34. The van der Waals surface area contributed by atoms with Crippen molar-refractivity contribution in [3.63, 3.8) is 0 Å². The summed E-state index contributed by atoms with van der Waals surface area (Å²) in [7, 11) is 0. The first kappa shape index (κ1) is 27.5. The summed E-state index contributed by atoms with van der Waals surface area (Å²) in [6.45, 7) is 9.79. The topological polar surface area (TPSA) is 119 Å². The zero-order valence-electron chi connectivity index (χ0n) is 22.0. The third-order valence-electron chi connectivity index (χ3n) is 6.96. The molecule has 0 fully saturated rings. The fourth-order valence-electron chi connectivity index (χ4n) is 4.90. The molecule has 0 heterocycles. The van der Waals surface area contributed by atoms with Gasteiger partial charge in [-0.3, -0.25) is 9.59 Å². The lowest BCUT2D eigenvalue weighted by Gasteiger charge is -2.32. The predicted octanol–water partition coefficient (Wildman–Crippen LogP) is 4.80. The molecule has 4 N–H and O–H groups in total. The minimum Gasteiger partial charge on any atom is -0.491 e. The number of carbonyl (C=O) groups is 2. The second-order valence-corrected chi connectivity index (χ2v) is 10.8. The molecule has 0 saturated heterocycles. The Morgan fingerprint density at radius 1 is 0.806 bits per heavy atom. The van der Waals surface area contributed by atoms with E-state index in [4.69, 9.17) is 15.2 Å². The highest BCUT2D eigenvalue weighted by Crippen LogP contribution is 2.39. The Balaban J connectivity index is 0.000000201. The number of fused-ring (bicyclic) bond motifs is 2. The molecule has 0 bridgehead atoms. The van der Waals surface area contributed by atoms with Crippen molar-refractivity contribution >= 4 is 11.9 Å². The number of benzene rings is 2. The smallest absolute Gasteiger partial charge is 0.324 e. The molecule has 2 aliphatic carbocycles. The highest BCUT2D eigenvalue weighted by atomic mass is 16.5. The van der Waals surface area contributed by atoms with Gasteiger partial charge >= 0.3 is 11.9 Å². The molecule has 7 heteroatoms. The van der Waals surface area contributed by atoms with Crippen LogP contribution >= 0.6 is 0 Å². The molecule has 0 radical (unpaired) electrons. The minimum absolute atomic E-state index is 0.112. The van der Waals surface area contributed by atoms with Crippen molar-refractivity contribution in [1.82, 2.24) is 0 Å². The van der Waals surface area contributed by atoms with Crippen molar-refractivity contribution in [2.45, 2.75) is 90.9 Å². The lowest BCUT2D eigenvalue weighted by Crippen LogP contribution is -2.52. The summed E-state index contributed by atoms with van der Waals surface area (Å²) >= 11 is 0. The fourth-order valence-corrected chi connectivity index (χ4v) is 4.90. The van der Waals surface area contributed by atoms with Crippen LogP contribution in [0.15, 0.2) is 36.4 Å². The molecule has 0 saturated carbocycles. The van der Waals surface area contributed by atoms with Gasteiger partial charge in [-0.15, -0.1) is 0 Å². The van der Waals surface area contributed by atoms with E-state index in [-0.39, 0.29) is 12.2 Å². The second-order valence-electron chi connectivity index (χ2n) is 10.8. The molecule has 2 aliphatic rings. The number of carboxylic acids is 2. The molecule has 0 amide bonds. The average molecular weight is 498 g/mol. The second kappa shape index (κ2) is 10.9. The molecule has 0 aliphatic heterocycles. The summed E-state index contributed by atoms with van der Waals surface area (Å²) in [5.74, 6) is 0.136. The molecule has 0 aromatic heterocycles. The summed E-state index contributed by atoms with van der Waals surface area (Å²) < 4.78 is 11.5. The Hall–Kier alpha value is -3.06. The summed E-state index contributed by atoms with van der Waals surface area (Å²) in [4.78, 5) is 22.5. The van der Waals surface area contributed by atoms with Crippen LogP contribution in [0.25, 0.3) is 0 Å². The molecule has 36 heavy (non-hydrogen) atoms. The van der Waals surface area contributed by atoms with Crippen LogP contribution in [0.1, 0.15) is 69.7 Å². The summed E-state index contributed by atoms with van der Waals surface area (Å²) in [5.41, 5.74) is 8.55. The van der Waals surface area contributed by atoms with Gasteiger partial charge in [0.05, 0.1) is 17.6 Å². The van der Waals surface area contributed by atoms with Crippen LogP contribution < -0.4 is 15.2 Å². The molecule has 2 atom stereocenters. The zero-order valence-corrected chi connectivity index (χ0v) is 22.0. The average Bonchev–Trinajstić information content (AvgIpc) is 2.78. The van der Waals surface area contributed by atoms with Crippen LogP contribution in [-0.4, -0.2) is 39.9 Å². The zero-order chi connectivity index (χ0) is 26.7. The fraction of sp³-hybridized carbons (Fsp3) is 0.517. The van der Waals surface area contributed by atoms with Crippen molar-refractivity contribution in [2.24, 2.45) is 11.1 Å². The maximum atomic E-state index is 11.3. The third kappa shape index (κ3) is 6.19. The van der Waals surface area contributed by atoms with E-state index < -0.39 is 22.9 Å². The quantitative estimate of drug-likeness (QED) is 0.524. The van der Waals surface area contributed by atoms with Gasteiger partial charge in [-0.05, 0) is 101 Å². The normalized spacial score (nSPS) is 22.7. The number of aliphatic carboxylic acids is 2. The number of rotatable bonds is 6. The first-order valence-corrected chi connectivity index (χ1v) is 12.6. The monoisotopic (exact) mass is 497 g/mol. The van der Waals surface area contributed by atoms with E-state index in [0.29, 0.717) is 32.1 Å². The maximum Gasteiger partial charge on any atom is 0.324 e. The van der Waals surface area contributed by atoms with Crippen molar-refractivity contribution in [3.05, 3.63) is 58.7 Å². The lowest BCUT2D eigenvalue weighted by molar-refractivity contribution is -0.148. The van der Waals surface area contributed by atoms with Crippen LogP contribution in [0.2, 0.25) is 0 Å². The van der Waals surface area contributed by atoms with Gasteiger partial charge in [0.15, 0.2) is 0 Å². The molecule has 4 rings (SSSR count). The summed E-state index contributed by atoms with van der Waals surface area (Å²) in [6.07, 6.45) is 3.77. The van der Waals surface area contributed by atoms with E-state index >= 15 is 0 Å². The highest BCUT2D eigenvalue weighted by molar-refractivity contribution is 5.79. The van der Waals surface area contributed by atoms with Gasteiger partial charge in [0.25, 0.3) is 0 Å². The molecule has 2 unspecified atom stereocenters. The Morgan fingerprint density at radius 2 is 1.28 bits per heavy atom. The van der Waals surface area contributed by atoms with Gasteiger partial charge in [-0.1, -0.05) is 24.3 Å². The first-order valence-electron chi connectivity index (χ1n) is 12.6. The Morgan fingerprint density at radius 3 is 1.72 bits per heavy atom. The largest absolute Gasteiger partial charge is 0.491 e. The summed E-state index contributed by atoms with van der Waals surface area (Å²) in [5, 5.41) is 18.5. The third-order valence-corrected chi connectivity index (χ3v) is 6.96. The van der Waals surface area contributed by atoms with E-state index in [1.165, 1.54) is 5.56 Å². The van der Waals surface area contributed by atoms with Crippen LogP contribution in [0.5, 0.6) is 11.5 Å². The predicted molar refractivity (Wildman–Crippen MR) is 139 cm³/mol. The van der Waals surface area contributed by atoms with Gasteiger partial charge in [0.1, 0.15) is 17.0 Å². The SMILES string of the molecule is CC(C)Oc1cccc2c1CCC(C)(C(=O)O)C2.CC(C)Oc1cccc2c1CCC(N)(C(=O)O)C2. The van der Waals surface area contributed by atoms with Crippen molar-refractivity contribution in [2.75, 3.05) is 0 Å². The Labute approximate surface area is 213 Å². The van der Waals surface area contributed by atoms with Gasteiger partial charge in [0.2, 0.25) is 0 Å². The van der Waals surface area contributed by atoms with Gasteiger partial charge in [-0.2, -0.15) is 0 Å². The van der Waals surface area contributed by atoms with Crippen molar-refractivity contribution in [1.29, 1.82) is 0 Å². The Bertz CT molecular complexity index is 1020. The van der Waals surface area contributed by atoms with E-state index in [2.05, 4.69) is 0 Å². The van der Waals surface area contributed by atoms with Crippen LogP contribution in [-0.2, 0) is 35.3 Å². The molecule has 196 valence electrons. The summed E-state index contributed by atoms with van der Waals surface area (Å²) in [6, 6.07) is 11.7. The number of ether oxygens (including phenoxy) is 2. The maximum absolute atomic E-state index is 11.3. The molecule has 2 aromatic rings. The minimum atomic E-state index is -1.14. The molecule has 7 nitrogen and oxygen atoms in total. The van der Waals surface area contributed by atoms with Crippen LogP contribution in [0.4, 0.5) is 0 Å². The van der Waals surface area contributed by atoms with Gasteiger partial charge in [0, 0.05) is 6.42 Å². The van der Waals surface area contributed by atoms with Gasteiger partial charge < -0.3 is 25.4 Å². The standard InChI is InChI=1S/C15H20O3.C14H19NO3/c1-10(2)18-13-6-4-5-11-9-15(3,14(16)17)8-7-12(11)13;1-9(2)18-12-5-3-4-10-8-14(15,13(16)17)7-6-11(10)12/h4-6,10H,7-9H2,1-3H3,(H,16,17);3-5,9H,6-8,15H2,1-2H3,(H,16,17). The van der Waals surface area contributed by atoms with Crippen molar-refractivity contribution in [3.8, 4) is 11.5 Å².